The van der Waals surface area contributed by atoms with Crippen molar-refractivity contribution in [3.63, 3.8) is 0 Å². The van der Waals surface area contributed by atoms with E-state index >= 15 is 0 Å². The van der Waals surface area contributed by atoms with Gasteiger partial charge in [0.1, 0.15) is 0 Å². The molecule has 1 aliphatic carbocycles. The smallest absolute Gasteiger partial charge is 0.221 e. The molecule has 80 heavy (non-hydrogen) atoms. The highest BCUT2D eigenvalue weighted by molar-refractivity contribution is 7.83. The lowest BCUT2D eigenvalue weighted by atomic mass is 10.1. The standard InChI is InChI=1S/C52H88N12O12P4/c1-2-57-31-32-64(45-46-5-3-4-6-46)77(57)53-78(58-19-7-47(8-20-58)65-33-34-66-47,59-21-9-48(10-22-59)67-35-36-68-48)55-80(62-27-15-51(16-28-62)73-41-42-74-51,63-29-17-52(18-30-63)75-43-44-76-52)56-79(54-77,60-23-11-49(12-24-60)69-37-38-70-49)61-25-13-50(14-26-61)71-39-40-72-50/h3-6,46H,2,7-45H2,1H3. The molecule has 0 aromatic carbocycles. The molecule has 7 spiro atoms. The molecular weight excluding hydrogens is 1110 g/mol. The number of piperidine rings is 6. The molecule has 14 heterocycles. The highest BCUT2D eigenvalue weighted by Crippen LogP contribution is 2.86. The molecule has 0 radical (unpaired) electrons. The van der Waals surface area contributed by atoms with Gasteiger partial charge < -0.3 is 56.8 Å². The maximum Gasteiger partial charge on any atom is 0.221 e. The molecule has 1 atom stereocenters. The first-order valence-corrected chi connectivity index (χ1v) is 37.1. The predicted octanol–water partition coefficient (Wildman–Crippen LogP) is 7.20. The van der Waals surface area contributed by atoms with Gasteiger partial charge >= 0.3 is 0 Å². The molecule has 15 rings (SSSR count). The SMILES string of the molecule is CCN1CCN(CC2C=CC=C2)P12=NP(N1CCC3(CC1)OCCO3)(N1CCC3(CC1)OCCO3)=NP(N1CCC3(CC1)OCCO3)(N1CCC3(CC1)OCCO3)=NP(N1CCC3(CC1)OCCO3)(N1CCC3(CC1)OCCO3)=N2. The molecule has 13 fully saturated rings. The second-order valence-electron chi connectivity index (χ2n) is 24.3. The topological polar surface area (TPSA) is 186 Å². The Morgan fingerprint density at radius 2 is 0.525 bits per heavy atom. The molecule has 448 valence electrons. The van der Waals surface area contributed by atoms with E-state index in [0.717, 1.165) is 103 Å². The van der Waals surface area contributed by atoms with Crippen molar-refractivity contribution in [3.8, 4) is 0 Å². The van der Waals surface area contributed by atoms with E-state index in [-0.39, 0.29) is 5.92 Å². The van der Waals surface area contributed by atoms with E-state index in [9.17, 15) is 0 Å². The molecule has 0 bridgehead atoms. The Morgan fingerprint density at radius 1 is 0.312 bits per heavy atom. The third-order valence-corrected chi connectivity index (χ3v) is 37.1. The average Bonchev–Trinajstić information content (AvgIpc) is 4.43. The highest BCUT2D eigenvalue weighted by atomic mass is 31.3. The molecule has 28 heteroatoms. The number of nitrogens with zero attached hydrogens (tertiary/aromatic N) is 12. The van der Waals surface area contributed by atoms with Crippen LogP contribution < -0.4 is 0 Å². The Morgan fingerprint density at radius 3 is 0.762 bits per heavy atom. The summed E-state index contributed by atoms with van der Waals surface area (Å²) in [6, 6.07) is 0. The van der Waals surface area contributed by atoms with E-state index in [4.69, 9.17) is 74.9 Å². The fraction of sp³-hybridized carbons (Fsp3) is 0.923. The van der Waals surface area contributed by atoms with Gasteiger partial charge in [-0.25, -0.2) is 37.4 Å². The van der Waals surface area contributed by atoms with Crippen molar-refractivity contribution in [2.24, 2.45) is 24.0 Å². The van der Waals surface area contributed by atoms with E-state index in [2.05, 4.69) is 68.6 Å². The van der Waals surface area contributed by atoms with Crippen LogP contribution in [0.25, 0.3) is 0 Å². The Hall–Kier alpha value is -0.400. The van der Waals surface area contributed by atoms with Crippen molar-refractivity contribution in [2.75, 3.05) is 184 Å². The van der Waals surface area contributed by atoms with Crippen LogP contribution in [-0.2, 0) is 56.8 Å². The summed E-state index contributed by atoms with van der Waals surface area (Å²) in [7, 11) is -13.1. The molecule has 0 saturated carbocycles. The van der Waals surface area contributed by atoms with Gasteiger partial charge in [-0.05, 0) is 0 Å². The van der Waals surface area contributed by atoms with Crippen molar-refractivity contribution in [1.29, 1.82) is 0 Å². The van der Waals surface area contributed by atoms with Gasteiger partial charge in [-0.1, -0.05) is 31.2 Å². The van der Waals surface area contributed by atoms with E-state index in [1.807, 2.05) is 0 Å². The van der Waals surface area contributed by atoms with Crippen LogP contribution >= 0.6 is 30.0 Å². The molecule has 14 aliphatic heterocycles. The lowest BCUT2D eigenvalue weighted by molar-refractivity contribution is -0.182. The molecule has 1 unspecified atom stereocenters. The Kier molecular flexibility index (Phi) is 15.5. The summed E-state index contributed by atoms with van der Waals surface area (Å²) in [5.41, 5.74) is 0. The summed E-state index contributed by atoms with van der Waals surface area (Å²) in [5, 5.41) is 0. The normalized spacial score (nSPS) is 36.2. The zero-order chi connectivity index (χ0) is 53.6. The van der Waals surface area contributed by atoms with Crippen molar-refractivity contribution in [1.82, 2.24) is 37.4 Å². The minimum Gasteiger partial charge on any atom is -0.347 e. The first-order chi connectivity index (χ1) is 39.1. The van der Waals surface area contributed by atoms with Crippen molar-refractivity contribution < 1.29 is 56.8 Å². The third-order valence-electron chi connectivity index (χ3n) is 20.1. The molecule has 0 aromatic heterocycles. The summed E-state index contributed by atoms with van der Waals surface area (Å²) in [5.74, 6) is -3.51. The maximum atomic E-state index is 7.16. The summed E-state index contributed by atoms with van der Waals surface area (Å²) >= 11 is 0. The van der Waals surface area contributed by atoms with E-state index in [1.165, 1.54) is 0 Å². The van der Waals surface area contributed by atoms with Gasteiger partial charge in [0, 0.05) is 188 Å². The summed E-state index contributed by atoms with van der Waals surface area (Å²) in [6.07, 6.45) is 17.8. The predicted molar refractivity (Wildman–Crippen MR) is 301 cm³/mol. The first-order valence-electron chi connectivity index (χ1n) is 30.7. The molecule has 0 aromatic rings. The van der Waals surface area contributed by atoms with E-state index < -0.39 is 64.7 Å². The maximum absolute atomic E-state index is 7.16. The molecule has 13 saturated heterocycles. The van der Waals surface area contributed by atoms with Gasteiger partial charge in [-0.2, -0.15) is 18.1 Å². The van der Waals surface area contributed by atoms with Gasteiger partial charge in [-0.15, -0.1) is 0 Å². The second-order valence-corrected chi connectivity index (χ2v) is 35.9. The summed E-state index contributed by atoms with van der Waals surface area (Å²) in [6.45, 7) is 21.5. The Labute approximate surface area is 473 Å². The number of likely N-dealkylation sites (N-methyl/N-ethyl adjacent to an activating group) is 1. The van der Waals surface area contributed by atoms with Crippen LogP contribution in [0.15, 0.2) is 42.4 Å². The van der Waals surface area contributed by atoms with Crippen molar-refractivity contribution in [3.05, 3.63) is 24.3 Å². The van der Waals surface area contributed by atoms with Gasteiger partial charge in [-0.3, -0.25) is 0 Å². The minimum absolute atomic E-state index is 0.220. The van der Waals surface area contributed by atoms with Crippen LogP contribution in [0.1, 0.15) is 84.0 Å². The van der Waals surface area contributed by atoms with Crippen LogP contribution in [0.4, 0.5) is 0 Å². The Balaban J connectivity index is 1.02. The largest absolute Gasteiger partial charge is 0.347 e. The molecular formula is C52H88N12O12P4. The van der Waals surface area contributed by atoms with Crippen LogP contribution in [0, 0.1) is 5.92 Å². The van der Waals surface area contributed by atoms with Gasteiger partial charge in [0.2, 0.25) is 30.0 Å². The lowest BCUT2D eigenvalue weighted by Crippen LogP contribution is -2.51. The lowest BCUT2D eigenvalue weighted by Gasteiger charge is -2.56. The van der Waals surface area contributed by atoms with Gasteiger partial charge in [0.05, 0.1) is 79.3 Å². The quantitative estimate of drug-likeness (QED) is 0.211. The van der Waals surface area contributed by atoms with Crippen LogP contribution in [0.3, 0.4) is 0 Å². The first kappa shape index (κ1) is 56.1. The van der Waals surface area contributed by atoms with Crippen molar-refractivity contribution >= 4 is 30.0 Å². The second kappa shape index (κ2) is 22.0. The van der Waals surface area contributed by atoms with E-state index in [1.54, 1.807) is 0 Å². The number of hydrogen-bond acceptors (Lipinski definition) is 24. The summed E-state index contributed by atoms with van der Waals surface area (Å²) in [4.78, 5) is 0. The van der Waals surface area contributed by atoms with Crippen LogP contribution in [0.5, 0.6) is 0 Å². The average molecular weight is 1200 g/mol. The number of hydrogen-bond donors (Lipinski definition) is 0. The number of rotatable bonds is 9. The molecule has 24 nitrogen and oxygen atoms in total. The molecule has 15 aliphatic rings. The van der Waals surface area contributed by atoms with E-state index in [0.29, 0.717) is 158 Å². The third kappa shape index (κ3) is 9.80. The number of ether oxygens (including phenoxy) is 12. The fourth-order valence-electron chi connectivity index (χ4n) is 15.6. The van der Waals surface area contributed by atoms with Gasteiger partial charge in [0.15, 0.2) is 34.7 Å². The van der Waals surface area contributed by atoms with Gasteiger partial charge in [0.25, 0.3) is 0 Å². The summed E-state index contributed by atoms with van der Waals surface area (Å²) < 4.78 is 129. The number of allylic oxidation sites excluding steroid dienone is 2. The Bertz CT molecular complexity index is 2340. The molecule has 0 N–H and O–H groups in total. The zero-order valence-corrected chi connectivity index (χ0v) is 50.8. The fourth-order valence-corrected chi connectivity index (χ4v) is 37.2. The minimum atomic E-state index is -3.36. The molecule has 0 amide bonds. The zero-order valence-electron chi connectivity index (χ0n) is 47.2. The van der Waals surface area contributed by atoms with Crippen LogP contribution in [0.2, 0.25) is 0 Å². The van der Waals surface area contributed by atoms with Crippen molar-refractivity contribution in [2.45, 2.75) is 119 Å². The van der Waals surface area contributed by atoms with Crippen LogP contribution in [-0.4, -0.2) is 256 Å². The monoisotopic (exact) mass is 1200 g/mol. The highest BCUT2D eigenvalue weighted by Gasteiger charge is 2.60.